The summed E-state index contributed by atoms with van der Waals surface area (Å²) in [4.78, 5) is 6.46. The molecule has 0 spiro atoms. The molecule has 1 aliphatic heterocycles. The van der Waals surface area contributed by atoms with Gasteiger partial charge in [-0.05, 0) is 54.7 Å². The maximum atomic E-state index is 6.15. The van der Waals surface area contributed by atoms with Gasteiger partial charge in [0.1, 0.15) is 17.6 Å². The monoisotopic (exact) mass is 403 g/mol. The zero-order valence-corrected chi connectivity index (χ0v) is 16.1. The lowest BCUT2D eigenvalue weighted by atomic mass is 10.0. The van der Waals surface area contributed by atoms with Gasteiger partial charge in [0.25, 0.3) is 0 Å². The Hall–Kier alpha value is -2.08. The van der Waals surface area contributed by atoms with Gasteiger partial charge in [0.2, 0.25) is 0 Å². The number of aromatic nitrogens is 1. The summed E-state index contributed by atoms with van der Waals surface area (Å²) >= 11 is 17.6. The number of benzene rings is 1. The Morgan fingerprint density at radius 3 is 2.69 bits per heavy atom. The Bertz CT molecular complexity index is 960. The van der Waals surface area contributed by atoms with E-state index >= 15 is 0 Å². The number of nitrogens with one attached hydrogen (secondary N) is 1. The smallest absolute Gasteiger partial charge is 0.170 e. The SMILES string of the molecule is CN1C(=S)N[C@H](c2ccccn2)[C@@H]1c1ccc(-c2ccc(Cl)c(Cl)c2)o1. The molecule has 1 saturated heterocycles. The zero-order valence-electron chi connectivity index (χ0n) is 13.8. The number of hydrogen-bond acceptors (Lipinski definition) is 3. The molecule has 4 rings (SSSR count). The van der Waals surface area contributed by atoms with Crippen LogP contribution in [0.1, 0.15) is 23.5 Å². The number of halogens is 2. The van der Waals surface area contributed by atoms with E-state index in [1.165, 1.54) is 0 Å². The number of thiocarbonyl (C=S) groups is 1. The van der Waals surface area contributed by atoms with E-state index in [-0.39, 0.29) is 12.1 Å². The van der Waals surface area contributed by atoms with Gasteiger partial charge in [-0.15, -0.1) is 0 Å². The Morgan fingerprint density at radius 1 is 1.12 bits per heavy atom. The number of likely N-dealkylation sites (N-methyl/N-ethyl adjacent to an activating group) is 1. The number of hydrogen-bond donors (Lipinski definition) is 1. The van der Waals surface area contributed by atoms with E-state index in [1.807, 2.05) is 48.3 Å². The van der Waals surface area contributed by atoms with E-state index in [1.54, 1.807) is 18.3 Å². The van der Waals surface area contributed by atoms with Gasteiger partial charge in [0.15, 0.2) is 5.11 Å². The third-order valence-corrected chi connectivity index (χ3v) is 5.61. The van der Waals surface area contributed by atoms with Crippen molar-refractivity contribution in [2.24, 2.45) is 0 Å². The summed E-state index contributed by atoms with van der Waals surface area (Å²) < 4.78 is 6.15. The summed E-state index contributed by atoms with van der Waals surface area (Å²) in [6, 6.07) is 15.0. The van der Waals surface area contributed by atoms with Crippen molar-refractivity contribution in [2.45, 2.75) is 12.1 Å². The number of nitrogens with zero attached hydrogens (tertiary/aromatic N) is 2. The van der Waals surface area contributed by atoms with Crippen LogP contribution in [0.4, 0.5) is 0 Å². The van der Waals surface area contributed by atoms with Crippen molar-refractivity contribution in [3.05, 3.63) is 76.2 Å². The maximum Gasteiger partial charge on any atom is 0.170 e. The van der Waals surface area contributed by atoms with E-state index in [9.17, 15) is 0 Å². The van der Waals surface area contributed by atoms with Gasteiger partial charge in [-0.1, -0.05) is 29.3 Å². The average molecular weight is 404 g/mol. The lowest BCUT2D eigenvalue weighted by molar-refractivity contribution is 0.310. The number of rotatable bonds is 3. The van der Waals surface area contributed by atoms with Gasteiger partial charge < -0.3 is 14.6 Å². The summed E-state index contributed by atoms with van der Waals surface area (Å²) in [6.45, 7) is 0. The first-order valence-electron chi connectivity index (χ1n) is 8.04. The van der Waals surface area contributed by atoms with Crippen molar-refractivity contribution in [3.63, 3.8) is 0 Å². The molecule has 1 fully saturated rings. The fraction of sp³-hybridized carbons (Fsp3) is 0.158. The molecule has 26 heavy (non-hydrogen) atoms. The molecule has 3 aromatic rings. The van der Waals surface area contributed by atoms with Crippen LogP contribution in [0.2, 0.25) is 10.0 Å². The van der Waals surface area contributed by atoms with Crippen LogP contribution in [-0.2, 0) is 0 Å². The second-order valence-corrected chi connectivity index (χ2v) is 7.27. The highest BCUT2D eigenvalue weighted by atomic mass is 35.5. The van der Waals surface area contributed by atoms with Gasteiger partial charge in [-0.2, -0.15) is 0 Å². The van der Waals surface area contributed by atoms with Crippen molar-refractivity contribution in [1.82, 2.24) is 15.2 Å². The molecule has 7 heteroatoms. The highest BCUT2D eigenvalue weighted by Crippen LogP contribution is 2.39. The first kappa shape index (κ1) is 17.3. The Kier molecular flexibility index (Phi) is 4.61. The Balaban J connectivity index is 1.70. The summed E-state index contributed by atoms with van der Waals surface area (Å²) in [6.07, 6.45) is 1.78. The Labute approximate surface area is 166 Å². The van der Waals surface area contributed by atoms with E-state index in [4.69, 9.17) is 39.8 Å². The summed E-state index contributed by atoms with van der Waals surface area (Å²) in [7, 11) is 1.95. The molecule has 1 aromatic carbocycles. The highest BCUT2D eigenvalue weighted by Gasteiger charge is 2.39. The van der Waals surface area contributed by atoms with Crippen molar-refractivity contribution >= 4 is 40.5 Å². The first-order valence-corrected chi connectivity index (χ1v) is 9.20. The topological polar surface area (TPSA) is 41.3 Å². The quantitative estimate of drug-likeness (QED) is 0.604. The van der Waals surface area contributed by atoms with Gasteiger partial charge in [0, 0.05) is 18.8 Å². The van der Waals surface area contributed by atoms with Gasteiger partial charge in [0.05, 0.1) is 21.8 Å². The van der Waals surface area contributed by atoms with Crippen LogP contribution in [0.15, 0.2) is 59.1 Å². The lowest BCUT2D eigenvalue weighted by Gasteiger charge is -2.21. The minimum Gasteiger partial charge on any atom is -0.459 e. The molecule has 0 amide bonds. The molecule has 0 unspecified atom stereocenters. The normalized spacial score (nSPS) is 19.7. The maximum absolute atomic E-state index is 6.15. The molecular weight excluding hydrogens is 389 g/mol. The van der Waals surface area contributed by atoms with E-state index in [0.29, 0.717) is 15.2 Å². The third-order valence-electron chi connectivity index (χ3n) is 4.46. The van der Waals surface area contributed by atoms with Crippen LogP contribution >= 0.6 is 35.4 Å². The summed E-state index contributed by atoms with van der Waals surface area (Å²) in [5, 5.41) is 5.01. The second kappa shape index (κ2) is 6.91. The van der Waals surface area contributed by atoms with E-state index in [0.717, 1.165) is 22.8 Å². The van der Waals surface area contributed by atoms with Crippen LogP contribution in [0.25, 0.3) is 11.3 Å². The molecule has 0 saturated carbocycles. The largest absolute Gasteiger partial charge is 0.459 e. The predicted octanol–water partition coefficient (Wildman–Crippen LogP) is 5.25. The summed E-state index contributed by atoms with van der Waals surface area (Å²) in [5.74, 6) is 1.53. The van der Waals surface area contributed by atoms with Gasteiger partial charge in [-0.3, -0.25) is 4.98 Å². The molecule has 0 radical (unpaired) electrons. The molecular formula is C19H15Cl2N3OS. The molecule has 1 aliphatic rings. The molecule has 1 N–H and O–H groups in total. The summed E-state index contributed by atoms with van der Waals surface area (Å²) in [5.41, 5.74) is 1.79. The minimum atomic E-state index is -0.0890. The van der Waals surface area contributed by atoms with E-state index in [2.05, 4.69) is 10.3 Å². The fourth-order valence-corrected chi connectivity index (χ4v) is 3.67. The molecule has 2 atom stereocenters. The van der Waals surface area contributed by atoms with Crippen LogP contribution in [-0.4, -0.2) is 22.0 Å². The van der Waals surface area contributed by atoms with Crippen molar-refractivity contribution in [1.29, 1.82) is 0 Å². The lowest BCUT2D eigenvalue weighted by Crippen LogP contribution is -2.24. The second-order valence-electron chi connectivity index (χ2n) is 6.07. The fourth-order valence-electron chi connectivity index (χ4n) is 3.13. The molecule has 2 aromatic heterocycles. The molecule has 132 valence electrons. The van der Waals surface area contributed by atoms with Crippen LogP contribution in [0.5, 0.6) is 0 Å². The van der Waals surface area contributed by atoms with Gasteiger partial charge >= 0.3 is 0 Å². The first-order chi connectivity index (χ1) is 12.5. The van der Waals surface area contributed by atoms with Crippen LogP contribution < -0.4 is 5.32 Å². The minimum absolute atomic E-state index is 0.0819. The van der Waals surface area contributed by atoms with E-state index < -0.39 is 0 Å². The van der Waals surface area contributed by atoms with Crippen molar-refractivity contribution in [2.75, 3.05) is 7.05 Å². The average Bonchev–Trinajstić information content (AvgIpc) is 3.24. The third kappa shape index (κ3) is 3.07. The van der Waals surface area contributed by atoms with Crippen LogP contribution in [0, 0.1) is 0 Å². The van der Waals surface area contributed by atoms with Gasteiger partial charge in [-0.25, -0.2) is 0 Å². The number of furan rings is 1. The van der Waals surface area contributed by atoms with Crippen LogP contribution in [0.3, 0.4) is 0 Å². The predicted molar refractivity (Wildman–Crippen MR) is 107 cm³/mol. The highest BCUT2D eigenvalue weighted by molar-refractivity contribution is 7.80. The van der Waals surface area contributed by atoms with Crippen molar-refractivity contribution < 1.29 is 4.42 Å². The molecule has 4 nitrogen and oxygen atoms in total. The standard InChI is InChI=1S/C19H15Cl2N3OS/c1-24-18(17(23-19(24)26)14-4-2-3-9-22-14)16-8-7-15(25-16)11-5-6-12(20)13(21)10-11/h2-10,17-18H,1H3,(H,23,26)/t17-,18+/m1/s1. The number of pyridine rings is 1. The zero-order chi connectivity index (χ0) is 18.3. The Morgan fingerprint density at radius 2 is 1.96 bits per heavy atom. The molecule has 3 heterocycles. The van der Waals surface area contributed by atoms with Crippen molar-refractivity contribution in [3.8, 4) is 11.3 Å². The molecule has 0 aliphatic carbocycles. The molecule has 0 bridgehead atoms.